The van der Waals surface area contributed by atoms with E-state index in [0.29, 0.717) is 17.0 Å². The van der Waals surface area contributed by atoms with Crippen LogP contribution in [-0.4, -0.2) is 17.7 Å². The first-order valence-corrected chi connectivity index (χ1v) is 6.32. The number of carbonyl (C=O) groups is 1. The molecule has 2 rings (SSSR count). The van der Waals surface area contributed by atoms with Crippen LogP contribution in [0.2, 0.25) is 0 Å². The molecule has 1 unspecified atom stereocenters. The summed E-state index contributed by atoms with van der Waals surface area (Å²) in [5, 5.41) is 24.1. The first kappa shape index (κ1) is 14.6. The summed E-state index contributed by atoms with van der Waals surface area (Å²) in [6.45, 7) is 1.53. The zero-order chi connectivity index (χ0) is 15.3. The van der Waals surface area contributed by atoms with Gasteiger partial charge in [-0.05, 0) is 37.3 Å². The lowest BCUT2D eigenvalue weighted by Crippen LogP contribution is -2.40. The number of hydrogen-bond acceptors (Lipinski definition) is 4. The Hall–Kier alpha value is -2.78. The highest BCUT2D eigenvalue weighted by Gasteiger charge is 2.26. The number of aliphatic hydroxyl groups is 1. The SMILES string of the molecule is CC(O)(CNC(=O)Nc1cccc(C#N)c1)c1ccco1. The molecule has 0 aliphatic heterocycles. The van der Waals surface area contributed by atoms with Crippen molar-refractivity contribution in [1.82, 2.24) is 5.32 Å². The Bertz CT molecular complexity index is 657. The quantitative estimate of drug-likeness (QED) is 0.801. The van der Waals surface area contributed by atoms with E-state index in [1.165, 1.54) is 6.26 Å². The number of anilines is 1. The van der Waals surface area contributed by atoms with Crippen LogP contribution < -0.4 is 10.6 Å². The summed E-state index contributed by atoms with van der Waals surface area (Å²) in [6, 6.07) is 11.4. The Labute approximate surface area is 122 Å². The van der Waals surface area contributed by atoms with Gasteiger partial charge in [0.2, 0.25) is 0 Å². The number of nitriles is 1. The minimum Gasteiger partial charge on any atom is -0.466 e. The number of nitrogens with one attached hydrogen (secondary N) is 2. The first-order valence-electron chi connectivity index (χ1n) is 6.32. The highest BCUT2D eigenvalue weighted by molar-refractivity contribution is 5.89. The summed E-state index contributed by atoms with van der Waals surface area (Å²) in [5.74, 6) is 0.370. The van der Waals surface area contributed by atoms with Crippen LogP contribution in [0.5, 0.6) is 0 Å². The normalized spacial score (nSPS) is 13.0. The molecule has 3 N–H and O–H groups in total. The maximum atomic E-state index is 11.8. The van der Waals surface area contributed by atoms with E-state index < -0.39 is 11.6 Å². The van der Waals surface area contributed by atoms with Gasteiger partial charge in [0.05, 0.1) is 24.4 Å². The van der Waals surface area contributed by atoms with Crippen molar-refractivity contribution in [3.8, 4) is 6.07 Å². The number of hydrogen-bond donors (Lipinski definition) is 3. The van der Waals surface area contributed by atoms with Gasteiger partial charge >= 0.3 is 6.03 Å². The standard InChI is InChI=1S/C15H15N3O3/c1-15(20,13-6-3-7-21-13)10-17-14(19)18-12-5-2-4-11(8-12)9-16/h2-8,20H,10H2,1H3,(H2,17,18,19). The summed E-state index contributed by atoms with van der Waals surface area (Å²) in [7, 11) is 0. The predicted molar refractivity (Wildman–Crippen MR) is 76.5 cm³/mol. The molecular formula is C15H15N3O3. The van der Waals surface area contributed by atoms with Gasteiger partial charge in [0, 0.05) is 5.69 Å². The van der Waals surface area contributed by atoms with E-state index in [-0.39, 0.29) is 6.54 Å². The van der Waals surface area contributed by atoms with Crippen molar-refractivity contribution in [2.45, 2.75) is 12.5 Å². The van der Waals surface area contributed by atoms with Crippen molar-refractivity contribution in [2.24, 2.45) is 0 Å². The largest absolute Gasteiger partial charge is 0.466 e. The number of benzene rings is 1. The van der Waals surface area contributed by atoms with Gasteiger partial charge in [-0.25, -0.2) is 4.79 Å². The summed E-state index contributed by atoms with van der Waals surface area (Å²) in [4.78, 5) is 11.8. The van der Waals surface area contributed by atoms with Gasteiger partial charge in [0.25, 0.3) is 0 Å². The Balaban J connectivity index is 1.92. The monoisotopic (exact) mass is 285 g/mol. The van der Waals surface area contributed by atoms with Crippen LogP contribution in [0.4, 0.5) is 10.5 Å². The van der Waals surface area contributed by atoms with Crippen LogP contribution >= 0.6 is 0 Å². The Morgan fingerprint density at radius 2 is 2.24 bits per heavy atom. The fraction of sp³-hybridized carbons (Fsp3) is 0.200. The highest BCUT2D eigenvalue weighted by Crippen LogP contribution is 2.19. The zero-order valence-corrected chi connectivity index (χ0v) is 11.5. The molecule has 6 heteroatoms. The molecule has 2 aromatic rings. The number of rotatable bonds is 4. The molecule has 0 radical (unpaired) electrons. The molecule has 21 heavy (non-hydrogen) atoms. The van der Waals surface area contributed by atoms with E-state index in [1.54, 1.807) is 43.3 Å². The number of nitrogens with zero attached hydrogens (tertiary/aromatic N) is 1. The number of amides is 2. The van der Waals surface area contributed by atoms with E-state index in [2.05, 4.69) is 10.6 Å². The molecule has 0 spiro atoms. The summed E-state index contributed by atoms with van der Waals surface area (Å²) >= 11 is 0. The second-order valence-electron chi connectivity index (χ2n) is 4.75. The lowest BCUT2D eigenvalue weighted by molar-refractivity contribution is 0.0372. The third-order valence-corrected chi connectivity index (χ3v) is 2.89. The van der Waals surface area contributed by atoms with Crippen LogP contribution in [-0.2, 0) is 5.60 Å². The number of carbonyl (C=O) groups excluding carboxylic acids is 1. The average Bonchev–Trinajstić information content (AvgIpc) is 3.00. The van der Waals surface area contributed by atoms with Crippen molar-refractivity contribution >= 4 is 11.7 Å². The molecule has 1 heterocycles. The molecule has 0 saturated heterocycles. The van der Waals surface area contributed by atoms with E-state index in [4.69, 9.17) is 9.68 Å². The molecule has 0 aliphatic rings. The minimum absolute atomic E-state index is 0.00964. The van der Waals surface area contributed by atoms with Gasteiger partial charge in [-0.2, -0.15) is 5.26 Å². The summed E-state index contributed by atoms with van der Waals surface area (Å²) in [6.07, 6.45) is 1.46. The van der Waals surface area contributed by atoms with Gasteiger partial charge < -0.3 is 20.2 Å². The van der Waals surface area contributed by atoms with Crippen molar-refractivity contribution in [3.63, 3.8) is 0 Å². The highest BCUT2D eigenvalue weighted by atomic mass is 16.4. The number of furan rings is 1. The van der Waals surface area contributed by atoms with Crippen LogP contribution in [0.25, 0.3) is 0 Å². The molecular weight excluding hydrogens is 270 g/mol. The first-order chi connectivity index (χ1) is 10.0. The lowest BCUT2D eigenvalue weighted by atomic mass is 10.0. The third kappa shape index (κ3) is 3.84. The molecule has 6 nitrogen and oxygen atoms in total. The van der Waals surface area contributed by atoms with E-state index in [1.807, 2.05) is 6.07 Å². The van der Waals surface area contributed by atoms with Gasteiger partial charge in [0.15, 0.2) is 0 Å². The second-order valence-corrected chi connectivity index (χ2v) is 4.75. The molecule has 0 bridgehead atoms. The zero-order valence-electron chi connectivity index (χ0n) is 11.5. The lowest BCUT2D eigenvalue weighted by Gasteiger charge is -2.21. The van der Waals surface area contributed by atoms with Crippen molar-refractivity contribution in [3.05, 3.63) is 54.0 Å². The molecule has 2 amide bonds. The minimum atomic E-state index is -1.30. The molecule has 1 aromatic heterocycles. The molecule has 1 atom stereocenters. The maximum Gasteiger partial charge on any atom is 0.319 e. The molecule has 0 fully saturated rings. The summed E-state index contributed by atoms with van der Waals surface area (Å²) in [5.41, 5.74) is -0.338. The van der Waals surface area contributed by atoms with Crippen LogP contribution in [0.15, 0.2) is 47.1 Å². The number of urea groups is 1. The second kappa shape index (κ2) is 6.11. The Kier molecular flexibility index (Phi) is 4.26. The fourth-order valence-electron chi connectivity index (χ4n) is 1.77. The van der Waals surface area contributed by atoms with Crippen molar-refractivity contribution in [1.29, 1.82) is 5.26 Å². The Morgan fingerprint density at radius 3 is 2.90 bits per heavy atom. The Morgan fingerprint density at radius 1 is 1.43 bits per heavy atom. The van der Waals surface area contributed by atoms with Crippen LogP contribution in [0.1, 0.15) is 18.2 Å². The van der Waals surface area contributed by atoms with Crippen molar-refractivity contribution in [2.75, 3.05) is 11.9 Å². The van der Waals surface area contributed by atoms with Crippen LogP contribution in [0.3, 0.4) is 0 Å². The predicted octanol–water partition coefficient (Wildman–Crippen LogP) is 2.18. The van der Waals surface area contributed by atoms with E-state index >= 15 is 0 Å². The van der Waals surface area contributed by atoms with E-state index in [9.17, 15) is 9.90 Å². The molecule has 1 aromatic carbocycles. The molecule has 0 aliphatic carbocycles. The average molecular weight is 285 g/mol. The smallest absolute Gasteiger partial charge is 0.319 e. The van der Waals surface area contributed by atoms with Crippen molar-refractivity contribution < 1.29 is 14.3 Å². The van der Waals surface area contributed by atoms with Crippen LogP contribution in [0, 0.1) is 11.3 Å². The van der Waals surface area contributed by atoms with Gasteiger partial charge in [-0.3, -0.25) is 0 Å². The van der Waals surface area contributed by atoms with Gasteiger partial charge in [-0.15, -0.1) is 0 Å². The molecule has 108 valence electrons. The summed E-state index contributed by atoms with van der Waals surface area (Å²) < 4.78 is 5.12. The van der Waals surface area contributed by atoms with Gasteiger partial charge in [-0.1, -0.05) is 6.07 Å². The van der Waals surface area contributed by atoms with E-state index in [0.717, 1.165) is 0 Å². The molecule has 0 saturated carbocycles. The topological polar surface area (TPSA) is 98.3 Å². The maximum absolute atomic E-state index is 11.8. The fourth-order valence-corrected chi connectivity index (χ4v) is 1.77. The van der Waals surface area contributed by atoms with Gasteiger partial charge in [0.1, 0.15) is 11.4 Å². The third-order valence-electron chi connectivity index (χ3n) is 2.89.